The number of nitrogens with one attached hydrogen (secondary N) is 1. The van der Waals surface area contributed by atoms with Crippen LogP contribution in [0.25, 0.3) is 0 Å². The van der Waals surface area contributed by atoms with Crippen molar-refractivity contribution in [3.05, 3.63) is 53.8 Å². The van der Waals surface area contributed by atoms with Crippen LogP contribution in [0.2, 0.25) is 0 Å². The van der Waals surface area contributed by atoms with E-state index in [1.54, 1.807) is 13.2 Å². The highest BCUT2D eigenvalue weighted by atomic mass is 19.1. The maximum Gasteiger partial charge on any atom is 0.262 e. The van der Waals surface area contributed by atoms with Crippen molar-refractivity contribution in [2.24, 2.45) is 0 Å². The van der Waals surface area contributed by atoms with Gasteiger partial charge in [0.2, 0.25) is 0 Å². The summed E-state index contributed by atoms with van der Waals surface area (Å²) in [7, 11) is 1.55. The Labute approximate surface area is 141 Å². The summed E-state index contributed by atoms with van der Waals surface area (Å²) >= 11 is 0. The number of hydrogen-bond donors (Lipinski definition) is 1. The zero-order valence-electron chi connectivity index (χ0n) is 14.4. The van der Waals surface area contributed by atoms with Crippen molar-refractivity contribution in [1.29, 1.82) is 0 Å². The number of carbonyl (C=O) groups excluding carboxylic acids is 1. The second-order valence-corrected chi connectivity index (χ2v) is 6.46. The molecule has 4 nitrogen and oxygen atoms in total. The molecule has 128 valence electrons. The van der Waals surface area contributed by atoms with Gasteiger partial charge in [-0.25, -0.2) is 4.39 Å². The number of benzene rings is 2. The number of amides is 1. The molecule has 0 atom stereocenters. The first kappa shape index (κ1) is 17.8. The van der Waals surface area contributed by atoms with Crippen LogP contribution < -0.4 is 14.8 Å². The average Bonchev–Trinajstić information content (AvgIpc) is 2.52. The number of rotatable bonds is 5. The van der Waals surface area contributed by atoms with E-state index in [4.69, 9.17) is 9.47 Å². The van der Waals surface area contributed by atoms with Crippen LogP contribution in [-0.2, 0) is 10.2 Å². The fourth-order valence-corrected chi connectivity index (χ4v) is 2.16. The molecule has 24 heavy (non-hydrogen) atoms. The van der Waals surface area contributed by atoms with Crippen molar-refractivity contribution in [3.8, 4) is 11.5 Å². The highest BCUT2D eigenvalue weighted by molar-refractivity contribution is 5.93. The molecule has 0 bridgehead atoms. The minimum Gasteiger partial charge on any atom is -0.495 e. The maximum absolute atomic E-state index is 13.1. The van der Waals surface area contributed by atoms with Gasteiger partial charge in [-0.2, -0.15) is 0 Å². The van der Waals surface area contributed by atoms with E-state index in [0.717, 1.165) is 5.56 Å². The van der Waals surface area contributed by atoms with Gasteiger partial charge in [-0.15, -0.1) is 0 Å². The molecule has 0 saturated heterocycles. The van der Waals surface area contributed by atoms with Crippen LogP contribution in [0.5, 0.6) is 11.5 Å². The van der Waals surface area contributed by atoms with Gasteiger partial charge in [0, 0.05) is 6.07 Å². The molecular weight excluding hydrogens is 309 g/mol. The smallest absolute Gasteiger partial charge is 0.262 e. The Balaban J connectivity index is 2.07. The lowest BCUT2D eigenvalue weighted by molar-refractivity contribution is -0.118. The van der Waals surface area contributed by atoms with E-state index in [9.17, 15) is 9.18 Å². The number of ether oxygens (including phenoxy) is 2. The van der Waals surface area contributed by atoms with Crippen molar-refractivity contribution < 1.29 is 18.7 Å². The zero-order chi connectivity index (χ0) is 17.7. The van der Waals surface area contributed by atoms with E-state index in [-0.39, 0.29) is 17.9 Å². The average molecular weight is 331 g/mol. The summed E-state index contributed by atoms with van der Waals surface area (Å²) in [6.07, 6.45) is 0. The third kappa shape index (κ3) is 4.72. The molecule has 2 rings (SSSR count). The molecule has 1 N–H and O–H groups in total. The Kier molecular flexibility index (Phi) is 5.44. The van der Waals surface area contributed by atoms with E-state index < -0.39 is 5.82 Å². The molecule has 0 saturated carbocycles. The molecule has 2 aromatic rings. The molecule has 0 radical (unpaired) electrons. The highest BCUT2D eigenvalue weighted by Gasteiger charge is 2.17. The van der Waals surface area contributed by atoms with Gasteiger partial charge in [-0.05, 0) is 35.2 Å². The third-order valence-corrected chi connectivity index (χ3v) is 3.51. The van der Waals surface area contributed by atoms with Crippen LogP contribution in [0.3, 0.4) is 0 Å². The summed E-state index contributed by atoms with van der Waals surface area (Å²) in [6.45, 7) is 6.06. The maximum atomic E-state index is 13.1. The van der Waals surface area contributed by atoms with Gasteiger partial charge in [0.25, 0.3) is 5.91 Å². The Hall–Kier alpha value is -2.56. The number of hydrogen-bond acceptors (Lipinski definition) is 3. The van der Waals surface area contributed by atoms with Crippen LogP contribution in [0.4, 0.5) is 10.1 Å². The summed E-state index contributed by atoms with van der Waals surface area (Å²) in [6, 6.07) is 11.3. The number of carbonyl (C=O) groups is 1. The Morgan fingerprint density at radius 2 is 1.92 bits per heavy atom. The first-order chi connectivity index (χ1) is 11.3. The molecule has 0 aliphatic rings. The summed E-state index contributed by atoms with van der Waals surface area (Å²) in [5.41, 5.74) is 1.60. The topological polar surface area (TPSA) is 47.6 Å². The number of methoxy groups -OCH3 is 1. The second kappa shape index (κ2) is 7.34. The lowest BCUT2D eigenvalue weighted by Crippen LogP contribution is -2.21. The minimum absolute atomic E-state index is 0.0518. The quantitative estimate of drug-likeness (QED) is 0.895. The lowest BCUT2D eigenvalue weighted by Gasteiger charge is -2.21. The molecule has 0 heterocycles. The van der Waals surface area contributed by atoms with Crippen molar-refractivity contribution in [1.82, 2.24) is 0 Å². The fraction of sp³-hybridized carbons (Fsp3) is 0.316. The SMILES string of the molecule is COc1ccc(C(C)(C)C)cc1NC(=O)COc1cccc(F)c1. The van der Waals surface area contributed by atoms with Gasteiger partial charge in [-0.1, -0.05) is 32.9 Å². The predicted octanol–water partition coefficient (Wildman–Crippen LogP) is 4.15. The Morgan fingerprint density at radius 1 is 1.17 bits per heavy atom. The van der Waals surface area contributed by atoms with Gasteiger partial charge < -0.3 is 14.8 Å². The first-order valence-corrected chi connectivity index (χ1v) is 7.66. The van der Waals surface area contributed by atoms with E-state index >= 15 is 0 Å². The molecule has 1 amide bonds. The van der Waals surface area contributed by atoms with Gasteiger partial charge in [0.05, 0.1) is 12.8 Å². The monoisotopic (exact) mass is 331 g/mol. The molecule has 0 unspecified atom stereocenters. The van der Waals surface area contributed by atoms with Crippen LogP contribution in [0, 0.1) is 5.82 Å². The summed E-state index contributed by atoms with van der Waals surface area (Å²) in [4.78, 5) is 12.1. The number of anilines is 1. The van der Waals surface area contributed by atoms with Crippen molar-refractivity contribution in [3.63, 3.8) is 0 Å². The van der Waals surface area contributed by atoms with E-state index in [1.165, 1.54) is 18.2 Å². The van der Waals surface area contributed by atoms with Gasteiger partial charge in [0.15, 0.2) is 6.61 Å². The molecular formula is C19H22FNO3. The number of halogens is 1. The lowest BCUT2D eigenvalue weighted by atomic mass is 9.87. The van der Waals surface area contributed by atoms with E-state index in [0.29, 0.717) is 17.2 Å². The first-order valence-electron chi connectivity index (χ1n) is 7.66. The minimum atomic E-state index is -0.410. The van der Waals surface area contributed by atoms with Crippen LogP contribution in [-0.4, -0.2) is 19.6 Å². The van der Waals surface area contributed by atoms with Crippen molar-refractivity contribution in [2.45, 2.75) is 26.2 Å². The van der Waals surface area contributed by atoms with Crippen LogP contribution in [0.1, 0.15) is 26.3 Å². The van der Waals surface area contributed by atoms with Crippen LogP contribution in [0.15, 0.2) is 42.5 Å². The summed E-state index contributed by atoms with van der Waals surface area (Å²) in [5.74, 6) is 0.124. The van der Waals surface area contributed by atoms with E-state index in [1.807, 2.05) is 18.2 Å². The van der Waals surface area contributed by atoms with E-state index in [2.05, 4.69) is 26.1 Å². The highest BCUT2D eigenvalue weighted by Crippen LogP contribution is 2.31. The molecule has 0 aliphatic carbocycles. The predicted molar refractivity (Wildman–Crippen MR) is 92.2 cm³/mol. The fourth-order valence-electron chi connectivity index (χ4n) is 2.16. The molecule has 0 fully saturated rings. The Bertz CT molecular complexity index is 723. The summed E-state index contributed by atoms with van der Waals surface area (Å²) in [5, 5.41) is 2.78. The molecule has 0 spiro atoms. The zero-order valence-corrected chi connectivity index (χ0v) is 14.4. The van der Waals surface area contributed by atoms with Crippen molar-refractivity contribution in [2.75, 3.05) is 19.0 Å². The molecule has 0 aliphatic heterocycles. The normalized spacial score (nSPS) is 11.0. The van der Waals surface area contributed by atoms with Gasteiger partial charge >= 0.3 is 0 Å². The largest absolute Gasteiger partial charge is 0.495 e. The molecule has 0 aromatic heterocycles. The van der Waals surface area contributed by atoms with Crippen molar-refractivity contribution >= 4 is 11.6 Å². The van der Waals surface area contributed by atoms with Crippen LogP contribution >= 0.6 is 0 Å². The third-order valence-electron chi connectivity index (χ3n) is 3.51. The summed E-state index contributed by atoms with van der Waals surface area (Å²) < 4.78 is 23.7. The Morgan fingerprint density at radius 3 is 2.54 bits per heavy atom. The van der Waals surface area contributed by atoms with Gasteiger partial charge in [-0.3, -0.25) is 4.79 Å². The molecule has 2 aromatic carbocycles. The second-order valence-electron chi connectivity index (χ2n) is 6.46. The standard InChI is InChI=1S/C19H22FNO3/c1-19(2,3)13-8-9-17(23-4)16(10-13)21-18(22)12-24-15-7-5-6-14(20)11-15/h5-11H,12H2,1-4H3,(H,21,22). The molecule has 5 heteroatoms. The van der Waals surface area contributed by atoms with Gasteiger partial charge in [0.1, 0.15) is 17.3 Å².